The minimum Gasteiger partial charge on any atom is -0.447 e. The molecular formula is C24H21O3S+. The van der Waals surface area contributed by atoms with Gasteiger partial charge >= 0.3 is 5.97 Å². The number of hydrogen-bond acceptors (Lipinski definition) is 3. The van der Waals surface area contributed by atoms with Crippen LogP contribution in [-0.2, 0) is 15.7 Å². The number of hydrogen-bond donors (Lipinski definition) is 0. The summed E-state index contributed by atoms with van der Waals surface area (Å²) in [7, 11) is -0.291. The lowest BCUT2D eigenvalue weighted by molar-refractivity contribution is -0.130. The molecule has 0 radical (unpaired) electrons. The predicted octanol–water partition coefficient (Wildman–Crippen LogP) is 5.99. The van der Waals surface area contributed by atoms with E-state index >= 15 is 0 Å². The van der Waals surface area contributed by atoms with Gasteiger partial charge in [0.1, 0.15) is 16.6 Å². The van der Waals surface area contributed by atoms with E-state index in [1.807, 2.05) is 50.2 Å². The summed E-state index contributed by atoms with van der Waals surface area (Å²) in [5.74, 6) is 1.98. The summed E-state index contributed by atoms with van der Waals surface area (Å²) in [6, 6.07) is 20.5. The molecule has 0 spiro atoms. The Morgan fingerprint density at radius 3 is 1.93 bits per heavy atom. The first-order valence-electron chi connectivity index (χ1n) is 9.05. The van der Waals surface area contributed by atoms with Gasteiger partial charge in [0, 0.05) is 17.7 Å². The molecule has 140 valence electrons. The summed E-state index contributed by atoms with van der Waals surface area (Å²) >= 11 is 0. The highest BCUT2D eigenvalue weighted by atomic mass is 32.2. The quantitative estimate of drug-likeness (QED) is 0.187. The van der Waals surface area contributed by atoms with Crippen LogP contribution in [-0.4, -0.2) is 5.97 Å². The molecule has 3 nitrogen and oxygen atoms in total. The van der Waals surface area contributed by atoms with Crippen LogP contribution in [0.25, 0.3) is 0 Å². The van der Waals surface area contributed by atoms with Crippen LogP contribution in [0.1, 0.15) is 18.1 Å². The van der Waals surface area contributed by atoms with Crippen molar-refractivity contribution < 1.29 is 14.3 Å². The van der Waals surface area contributed by atoms with Crippen LogP contribution in [0.4, 0.5) is 0 Å². The van der Waals surface area contributed by atoms with Crippen LogP contribution in [0, 0.1) is 13.8 Å². The van der Waals surface area contributed by atoms with E-state index in [1.54, 1.807) is 6.92 Å². The van der Waals surface area contributed by atoms with Gasteiger partial charge in [-0.2, -0.15) is 0 Å². The van der Waals surface area contributed by atoms with Crippen molar-refractivity contribution in [2.24, 2.45) is 0 Å². The summed E-state index contributed by atoms with van der Waals surface area (Å²) < 4.78 is 11.7. The van der Waals surface area contributed by atoms with Gasteiger partial charge in [0.15, 0.2) is 16.4 Å². The van der Waals surface area contributed by atoms with Gasteiger partial charge in [0.05, 0.1) is 0 Å². The average Bonchev–Trinajstić information content (AvgIpc) is 2.68. The van der Waals surface area contributed by atoms with Crippen LogP contribution in [0.2, 0.25) is 0 Å². The molecule has 0 fully saturated rings. The number of aryl methyl sites for hydroxylation is 2. The monoisotopic (exact) mass is 389 g/mol. The van der Waals surface area contributed by atoms with Crippen LogP contribution < -0.4 is 9.47 Å². The molecule has 1 aliphatic heterocycles. The Morgan fingerprint density at radius 1 is 0.929 bits per heavy atom. The molecule has 0 bridgehead atoms. The van der Waals surface area contributed by atoms with Crippen LogP contribution in [0.5, 0.6) is 17.2 Å². The van der Waals surface area contributed by atoms with Crippen molar-refractivity contribution in [2.45, 2.75) is 35.5 Å². The van der Waals surface area contributed by atoms with Gasteiger partial charge in [-0.25, -0.2) is 4.79 Å². The third-order valence-corrected chi connectivity index (χ3v) is 6.83. The number of para-hydroxylation sites is 2. The van der Waals surface area contributed by atoms with Crippen molar-refractivity contribution >= 4 is 16.9 Å². The predicted molar refractivity (Wildman–Crippen MR) is 111 cm³/mol. The second-order valence-corrected chi connectivity index (χ2v) is 8.82. The highest BCUT2D eigenvalue weighted by molar-refractivity contribution is 7.97. The minimum atomic E-state index is -0.400. The Morgan fingerprint density at radius 2 is 1.43 bits per heavy atom. The standard InChI is InChI=1S/C24H21O3S/c1-15(2)24(25)27-23-16(3)13-18(14-17(23)4)28-21-11-7-5-9-19(21)26-20-10-6-8-12-22(20)28/h5-14H,1H2,2-4H3/q+1. The van der Waals surface area contributed by atoms with E-state index in [0.29, 0.717) is 11.3 Å². The molecule has 1 heterocycles. The third kappa shape index (κ3) is 3.20. The van der Waals surface area contributed by atoms with Crippen LogP contribution in [0.3, 0.4) is 0 Å². The molecule has 0 saturated heterocycles. The first-order valence-corrected chi connectivity index (χ1v) is 10.3. The fourth-order valence-corrected chi connectivity index (χ4v) is 5.65. The van der Waals surface area contributed by atoms with E-state index in [4.69, 9.17) is 9.47 Å². The second-order valence-electron chi connectivity index (χ2n) is 6.86. The average molecular weight is 389 g/mol. The Hall–Kier alpha value is -2.98. The summed E-state index contributed by atoms with van der Waals surface area (Å²) in [4.78, 5) is 15.5. The number of fused-ring (bicyclic) bond motifs is 2. The highest BCUT2D eigenvalue weighted by Gasteiger charge is 2.39. The molecule has 0 saturated carbocycles. The number of esters is 1. The molecule has 4 rings (SSSR count). The van der Waals surface area contributed by atoms with E-state index in [-0.39, 0.29) is 10.9 Å². The van der Waals surface area contributed by atoms with Crippen molar-refractivity contribution in [2.75, 3.05) is 0 Å². The molecule has 0 aromatic heterocycles. The van der Waals surface area contributed by atoms with Crippen molar-refractivity contribution in [3.05, 3.63) is 83.9 Å². The van der Waals surface area contributed by atoms with Crippen molar-refractivity contribution in [1.82, 2.24) is 0 Å². The Labute approximate surface area is 168 Å². The van der Waals surface area contributed by atoms with E-state index < -0.39 is 5.97 Å². The Bertz CT molecular complexity index is 1030. The van der Waals surface area contributed by atoms with Gasteiger partial charge in [-0.3, -0.25) is 0 Å². The zero-order valence-electron chi connectivity index (χ0n) is 16.1. The number of rotatable bonds is 3. The Kier molecular flexibility index (Phi) is 4.73. The van der Waals surface area contributed by atoms with Gasteiger partial charge in [-0.1, -0.05) is 30.8 Å². The maximum atomic E-state index is 12.0. The van der Waals surface area contributed by atoms with E-state index in [1.165, 1.54) is 4.90 Å². The first kappa shape index (κ1) is 18.4. The number of carbonyl (C=O) groups excluding carboxylic acids is 1. The van der Waals surface area contributed by atoms with Crippen LogP contribution in [0.15, 0.2) is 87.5 Å². The Balaban J connectivity index is 1.84. The van der Waals surface area contributed by atoms with Crippen molar-refractivity contribution in [3.63, 3.8) is 0 Å². The molecular weight excluding hydrogens is 368 g/mol. The molecule has 0 N–H and O–H groups in total. The lowest BCUT2D eigenvalue weighted by Gasteiger charge is -2.20. The second kappa shape index (κ2) is 7.21. The minimum absolute atomic E-state index is 0.291. The van der Waals surface area contributed by atoms with Gasteiger partial charge in [0.25, 0.3) is 0 Å². The normalized spacial score (nSPS) is 12.5. The molecule has 1 aliphatic rings. The molecule has 0 aliphatic carbocycles. The van der Waals surface area contributed by atoms with Gasteiger partial charge in [0.2, 0.25) is 9.79 Å². The smallest absolute Gasteiger partial charge is 0.338 e. The zero-order chi connectivity index (χ0) is 19.8. The topological polar surface area (TPSA) is 35.5 Å². The molecule has 0 atom stereocenters. The molecule has 0 amide bonds. The van der Waals surface area contributed by atoms with Crippen molar-refractivity contribution in [1.29, 1.82) is 0 Å². The lowest BCUT2D eigenvalue weighted by atomic mass is 10.1. The summed E-state index contributed by atoms with van der Waals surface area (Å²) in [5, 5.41) is 0. The van der Waals surface area contributed by atoms with Gasteiger partial charge in [-0.15, -0.1) is 0 Å². The van der Waals surface area contributed by atoms with Gasteiger partial charge < -0.3 is 9.47 Å². The number of ether oxygens (including phenoxy) is 2. The fraction of sp³-hybridized carbons (Fsp3) is 0.125. The fourth-order valence-electron chi connectivity index (χ4n) is 3.27. The molecule has 3 aromatic rings. The summed E-state index contributed by atoms with van der Waals surface area (Å²) in [5.41, 5.74) is 2.24. The highest BCUT2D eigenvalue weighted by Crippen LogP contribution is 2.47. The molecule has 4 heteroatoms. The SMILES string of the molecule is C=C(C)C(=O)Oc1c(C)cc([S+]2c3ccccc3Oc3ccccc32)cc1C. The summed E-state index contributed by atoms with van der Waals surface area (Å²) in [6.45, 7) is 9.26. The molecule has 28 heavy (non-hydrogen) atoms. The first-order chi connectivity index (χ1) is 13.5. The maximum Gasteiger partial charge on any atom is 0.338 e. The molecule has 0 unspecified atom stereocenters. The van der Waals surface area contributed by atoms with E-state index in [0.717, 1.165) is 32.4 Å². The summed E-state index contributed by atoms with van der Waals surface area (Å²) in [6.07, 6.45) is 0. The lowest BCUT2D eigenvalue weighted by Crippen LogP contribution is -2.14. The van der Waals surface area contributed by atoms with Gasteiger partial charge in [-0.05, 0) is 56.2 Å². The van der Waals surface area contributed by atoms with E-state index in [2.05, 4.69) is 30.8 Å². The third-order valence-electron chi connectivity index (χ3n) is 4.57. The number of carbonyl (C=O) groups is 1. The zero-order valence-corrected chi connectivity index (χ0v) is 16.9. The molecule has 3 aromatic carbocycles. The maximum absolute atomic E-state index is 12.0. The van der Waals surface area contributed by atoms with Crippen molar-refractivity contribution in [3.8, 4) is 17.2 Å². The largest absolute Gasteiger partial charge is 0.447 e. The number of benzene rings is 3. The van der Waals surface area contributed by atoms with E-state index in [9.17, 15) is 4.79 Å². The van der Waals surface area contributed by atoms with Crippen LogP contribution >= 0.6 is 0 Å².